The highest BCUT2D eigenvalue weighted by molar-refractivity contribution is 5.53. The Kier molecular flexibility index (Phi) is 7.34. The number of nitrogens with one attached hydrogen (secondary N) is 1. The van der Waals surface area contributed by atoms with Crippen LogP contribution in [0.5, 0.6) is 5.88 Å². The van der Waals surface area contributed by atoms with Crippen LogP contribution >= 0.6 is 0 Å². The predicted molar refractivity (Wildman–Crippen MR) is 90.8 cm³/mol. The number of ether oxygens (including phenoxy) is 1. The van der Waals surface area contributed by atoms with E-state index in [0.29, 0.717) is 18.2 Å². The summed E-state index contributed by atoms with van der Waals surface area (Å²) in [7, 11) is 0. The SMILES string of the molecule is CCCCCC(C)(C)CNc1ccc(N)c(OCCC)n1. The Bertz CT molecular complexity index is 418. The number of unbranched alkanes of at least 4 members (excludes halogenated alkanes) is 2. The quantitative estimate of drug-likeness (QED) is 0.625. The lowest BCUT2D eigenvalue weighted by molar-refractivity contribution is 0.307. The van der Waals surface area contributed by atoms with Crippen molar-refractivity contribution in [3.05, 3.63) is 12.1 Å². The number of rotatable bonds is 10. The van der Waals surface area contributed by atoms with Crippen LogP contribution in [0.2, 0.25) is 0 Å². The average molecular weight is 293 g/mol. The molecule has 1 aromatic heterocycles. The molecule has 0 amide bonds. The molecule has 0 fully saturated rings. The van der Waals surface area contributed by atoms with Crippen molar-refractivity contribution in [3.63, 3.8) is 0 Å². The summed E-state index contributed by atoms with van der Waals surface area (Å²) in [5.74, 6) is 1.37. The van der Waals surface area contributed by atoms with Crippen LogP contribution in [-0.4, -0.2) is 18.1 Å². The number of hydrogen-bond donors (Lipinski definition) is 2. The highest BCUT2D eigenvalue weighted by Gasteiger charge is 2.17. The minimum Gasteiger partial charge on any atom is -0.476 e. The molecule has 0 saturated carbocycles. The number of aromatic nitrogens is 1. The zero-order chi connectivity index (χ0) is 15.7. The molecule has 0 spiro atoms. The maximum atomic E-state index is 5.88. The van der Waals surface area contributed by atoms with E-state index in [4.69, 9.17) is 10.5 Å². The third-order valence-electron chi connectivity index (χ3n) is 3.54. The smallest absolute Gasteiger partial charge is 0.239 e. The van der Waals surface area contributed by atoms with Gasteiger partial charge in [-0.3, -0.25) is 0 Å². The van der Waals surface area contributed by atoms with Crippen LogP contribution in [0.25, 0.3) is 0 Å². The maximum absolute atomic E-state index is 5.88. The first-order valence-electron chi connectivity index (χ1n) is 8.11. The second kappa shape index (κ2) is 8.75. The van der Waals surface area contributed by atoms with Gasteiger partial charge in [-0.1, -0.05) is 47.0 Å². The maximum Gasteiger partial charge on any atom is 0.239 e. The van der Waals surface area contributed by atoms with Gasteiger partial charge in [-0.2, -0.15) is 4.98 Å². The summed E-state index contributed by atoms with van der Waals surface area (Å²) in [5, 5.41) is 3.41. The van der Waals surface area contributed by atoms with Gasteiger partial charge >= 0.3 is 0 Å². The van der Waals surface area contributed by atoms with Crippen molar-refractivity contribution < 1.29 is 4.74 Å². The molecule has 0 saturated heterocycles. The van der Waals surface area contributed by atoms with Crippen LogP contribution in [0, 0.1) is 5.41 Å². The van der Waals surface area contributed by atoms with Crippen molar-refractivity contribution in [2.45, 2.75) is 59.8 Å². The van der Waals surface area contributed by atoms with Crippen LogP contribution in [0.4, 0.5) is 11.5 Å². The minimum atomic E-state index is 0.267. The van der Waals surface area contributed by atoms with Gasteiger partial charge in [0.15, 0.2) is 0 Å². The summed E-state index contributed by atoms with van der Waals surface area (Å²) in [4.78, 5) is 4.45. The molecule has 0 bridgehead atoms. The first-order valence-corrected chi connectivity index (χ1v) is 8.11. The number of hydrogen-bond acceptors (Lipinski definition) is 4. The van der Waals surface area contributed by atoms with Crippen molar-refractivity contribution in [2.75, 3.05) is 24.2 Å². The predicted octanol–water partition coefficient (Wildman–Crippen LogP) is 4.47. The Balaban J connectivity index is 2.54. The van der Waals surface area contributed by atoms with Crippen molar-refractivity contribution in [2.24, 2.45) is 5.41 Å². The molecule has 0 aliphatic rings. The van der Waals surface area contributed by atoms with Gasteiger partial charge in [0.25, 0.3) is 0 Å². The summed E-state index contributed by atoms with van der Waals surface area (Å²) in [6.45, 7) is 10.4. The molecule has 0 aromatic carbocycles. The second-order valence-electron chi connectivity index (χ2n) is 6.41. The fraction of sp³-hybridized carbons (Fsp3) is 0.706. The lowest BCUT2D eigenvalue weighted by Gasteiger charge is -2.25. The normalized spacial score (nSPS) is 11.4. The zero-order valence-corrected chi connectivity index (χ0v) is 14.0. The molecule has 21 heavy (non-hydrogen) atoms. The second-order valence-corrected chi connectivity index (χ2v) is 6.41. The molecule has 0 atom stereocenters. The van der Waals surface area contributed by atoms with Gasteiger partial charge in [0, 0.05) is 6.54 Å². The largest absolute Gasteiger partial charge is 0.476 e. The fourth-order valence-electron chi connectivity index (χ4n) is 2.14. The van der Waals surface area contributed by atoms with Crippen molar-refractivity contribution in [3.8, 4) is 5.88 Å². The van der Waals surface area contributed by atoms with Gasteiger partial charge in [-0.05, 0) is 30.4 Å². The Morgan fingerprint density at radius 1 is 1.19 bits per heavy atom. The molecule has 0 radical (unpaired) electrons. The van der Waals surface area contributed by atoms with E-state index in [2.05, 4.69) is 38.0 Å². The van der Waals surface area contributed by atoms with E-state index in [1.807, 2.05) is 12.1 Å². The highest BCUT2D eigenvalue weighted by Crippen LogP contribution is 2.26. The van der Waals surface area contributed by atoms with E-state index >= 15 is 0 Å². The molecule has 3 N–H and O–H groups in total. The van der Waals surface area contributed by atoms with Crippen LogP contribution < -0.4 is 15.8 Å². The van der Waals surface area contributed by atoms with E-state index in [-0.39, 0.29) is 5.41 Å². The number of nitrogen functional groups attached to an aromatic ring is 1. The molecule has 1 rings (SSSR count). The Morgan fingerprint density at radius 3 is 2.62 bits per heavy atom. The number of anilines is 2. The molecule has 0 unspecified atom stereocenters. The van der Waals surface area contributed by atoms with E-state index in [1.165, 1.54) is 25.7 Å². The first kappa shape index (κ1) is 17.6. The Morgan fingerprint density at radius 2 is 1.95 bits per heavy atom. The van der Waals surface area contributed by atoms with Gasteiger partial charge in [-0.25, -0.2) is 0 Å². The molecular weight excluding hydrogens is 262 g/mol. The molecule has 0 aliphatic carbocycles. The van der Waals surface area contributed by atoms with E-state index in [9.17, 15) is 0 Å². The van der Waals surface area contributed by atoms with E-state index in [1.54, 1.807) is 0 Å². The van der Waals surface area contributed by atoms with Crippen LogP contribution in [0.15, 0.2) is 12.1 Å². The number of nitrogens with zero attached hydrogens (tertiary/aromatic N) is 1. The van der Waals surface area contributed by atoms with Gasteiger partial charge in [0.2, 0.25) is 5.88 Å². The summed E-state index contributed by atoms with van der Waals surface area (Å²) < 4.78 is 5.56. The van der Waals surface area contributed by atoms with Crippen LogP contribution in [0.3, 0.4) is 0 Å². The molecule has 1 aromatic rings. The standard InChI is InChI=1S/C17H31N3O/c1-5-7-8-11-17(3,4)13-19-15-10-9-14(18)16(20-15)21-12-6-2/h9-10H,5-8,11-13,18H2,1-4H3,(H,19,20). The molecule has 1 heterocycles. The average Bonchev–Trinajstić information content (AvgIpc) is 2.45. The Hall–Kier alpha value is -1.45. The van der Waals surface area contributed by atoms with Crippen LogP contribution in [0.1, 0.15) is 59.8 Å². The fourth-order valence-corrected chi connectivity index (χ4v) is 2.14. The third kappa shape index (κ3) is 6.69. The topological polar surface area (TPSA) is 60.2 Å². The number of pyridine rings is 1. The van der Waals surface area contributed by atoms with E-state index < -0.39 is 0 Å². The molecule has 0 aliphatic heterocycles. The number of nitrogens with two attached hydrogens (primary N) is 1. The summed E-state index contributed by atoms with van der Waals surface area (Å²) in [5.41, 5.74) is 6.74. The molecule has 4 heteroatoms. The highest BCUT2D eigenvalue weighted by atomic mass is 16.5. The van der Waals surface area contributed by atoms with Gasteiger partial charge < -0.3 is 15.8 Å². The summed E-state index contributed by atoms with van der Waals surface area (Å²) >= 11 is 0. The summed E-state index contributed by atoms with van der Waals surface area (Å²) in [6.07, 6.45) is 6.02. The summed E-state index contributed by atoms with van der Waals surface area (Å²) in [6, 6.07) is 3.76. The lowest BCUT2D eigenvalue weighted by atomic mass is 9.87. The lowest BCUT2D eigenvalue weighted by Crippen LogP contribution is -2.23. The third-order valence-corrected chi connectivity index (χ3v) is 3.54. The van der Waals surface area contributed by atoms with E-state index in [0.717, 1.165) is 18.8 Å². The monoisotopic (exact) mass is 293 g/mol. The van der Waals surface area contributed by atoms with Gasteiger partial charge in [0.05, 0.1) is 12.3 Å². The van der Waals surface area contributed by atoms with Gasteiger partial charge in [0.1, 0.15) is 5.82 Å². The molecule has 4 nitrogen and oxygen atoms in total. The zero-order valence-electron chi connectivity index (χ0n) is 14.0. The van der Waals surface area contributed by atoms with Crippen molar-refractivity contribution in [1.82, 2.24) is 4.98 Å². The first-order chi connectivity index (χ1) is 9.98. The van der Waals surface area contributed by atoms with Gasteiger partial charge in [-0.15, -0.1) is 0 Å². The molecular formula is C17H31N3O. The van der Waals surface area contributed by atoms with Crippen LogP contribution in [-0.2, 0) is 0 Å². The molecule has 120 valence electrons. The minimum absolute atomic E-state index is 0.267. The van der Waals surface area contributed by atoms with Crippen molar-refractivity contribution >= 4 is 11.5 Å². The van der Waals surface area contributed by atoms with Crippen molar-refractivity contribution in [1.29, 1.82) is 0 Å². The Labute approximate surface area is 129 Å².